The summed E-state index contributed by atoms with van der Waals surface area (Å²) in [7, 11) is 0. The number of aryl methyl sites for hydroxylation is 1. The van der Waals surface area contributed by atoms with Gasteiger partial charge in [0.1, 0.15) is 5.57 Å². The smallest absolute Gasteiger partial charge is 0.265 e. The highest BCUT2D eigenvalue weighted by Crippen LogP contribution is 2.51. The monoisotopic (exact) mass is 409 g/mol. The number of benzene rings is 1. The van der Waals surface area contributed by atoms with Gasteiger partial charge in [-0.15, -0.1) is 0 Å². The number of allylic oxidation sites excluding steroid dienone is 3. The number of anilines is 1. The van der Waals surface area contributed by atoms with Crippen LogP contribution in [-0.4, -0.2) is 46.4 Å². The number of para-hydroxylation sites is 1. The molecule has 6 heteroatoms. The van der Waals surface area contributed by atoms with Crippen molar-refractivity contribution in [2.75, 3.05) is 24.5 Å². The van der Waals surface area contributed by atoms with Gasteiger partial charge in [-0.25, -0.2) is 0 Å². The summed E-state index contributed by atoms with van der Waals surface area (Å²) in [6.45, 7) is 10.0. The Labute approximate surface area is 177 Å². The topological polar surface area (TPSA) is 43.9 Å². The van der Waals surface area contributed by atoms with Gasteiger partial charge in [0.15, 0.2) is 5.11 Å². The molecular weight excluding hydrogens is 382 g/mol. The maximum absolute atomic E-state index is 12.9. The van der Waals surface area contributed by atoms with E-state index >= 15 is 0 Å². The van der Waals surface area contributed by atoms with E-state index in [4.69, 9.17) is 12.2 Å². The molecule has 5 nitrogen and oxygen atoms in total. The fourth-order valence-electron chi connectivity index (χ4n) is 4.73. The first-order valence-corrected chi connectivity index (χ1v) is 10.7. The highest BCUT2D eigenvalue weighted by molar-refractivity contribution is 7.80. The van der Waals surface area contributed by atoms with E-state index in [9.17, 15) is 9.59 Å². The van der Waals surface area contributed by atoms with Crippen LogP contribution in [0.1, 0.15) is 45.2 Å². The van der Waals surface area contributed by atoms with Crippen molar-refractivity contribution in [3.05, 3.63) is 52.7 Å². The number of carbonyl (C=O) groups excluding carboxylic acids is 2. The van der Waals surface area contributed by atoms with E-state index in [2.05, 4.69) is 36.9 Å². The molecule has 3 aliphatic rings. The Morgan fingerprint density at radius 1 is 1.07 bits per heavy atom. The van der Waals surface area contributed by atoms with Crippen molar-refractivity contribution < 1.29 is 9.59 Å². The minimum Gasteiger partial charge on any atom is -0.344 e. The highest BCUT2D eigenvalue weighted by atomic mass is 32.1. The van der Waals surface area contributed by atoms with Gasteiger partial charge >= 0.3 is 0 Å². The molecular formula is C23H27N3O2S. The van der Waals surface area contributed by atoms with Gasteiger partial charge in [-0.1, -0.05) is 32.0 Å². The average Bonchev–Trinajstić information content (AvgIpc) is 2.91. The van der Waals surface area contributed by atoms with Crippen LogP contribution < -0.4 is 4.90 Å². The lowest BCUT2D eigenvalue weighted by Gasteiger charge is -2.35. The Balaban J connectivity index is 1.79. The number of hydrogen-bond donors (Lipinski definition) is 0. The van der Waals surface area contributed by atoms with E-state index in [1.807, 2.05) is 19.9 Å². The summed E-state index contributed by atoms with van der Waals surface area (Å²) in [5.74, 6) is -0.617. The molecule has 0 N–H and O–H groups in total. The third kappa shape index (κ3) is 2.84. The summed E-state index contributed by atoms with van der Waals surface area (Å²) < 4.78 is 0. The Bertz CT molecular complexity index is 948. The predicted molar refractivity (Wildman–Crippen MR) is 119 cm³/mol. The Kier molecular flexibility index (Phi) is 4.85. The lowest BCUT2D eigenvalue weighted by Crippen LogP contribution is -2.55. The molecule has 0 spiro atoms. The first-order chi connectivity index (χ1) is 13.8. The van der Waals surface area contributed by atoms with Crippen molar-refractivity contribution >= 4 is 34.8 Å². The molecule has 0 atom stereocenters. The van der Waals surface area contributed by atoms with E-state index in [0.717, 1.165) is 25.1 Å². The van der Waals surface area contributed by atoms with Gasteiger partial charge in [-0.3, -0.25) is 19.4 Å². The summed E-state index contributed by atoms with van der Waals surface area (Å²) in [5, 5.41) is 0.295. The Morgan fingerprint density at radius 3 is 2.34 bits per heavy atom. The normalized spacial score (nSPS) is 21.9. The summed E-state index contributed by atoms with van der Waals surface area (Å²) >= 11 is 5.35. The fraction of sp³-hybridized carbons (Fsp3) is 0.435. The van der Waals surface area contributed by atoms with Gasteiger partial charge in [-0.2, -0.15) is 0 Å². The molecule has 3 heterocycles. The molecule has 152 valence electrons. The number of amides is 2. The molecule has 2 amide bonds. The van der Waals surface area contributed by atoms with Gasteiger partial charge in [0.05, 0.1) is 0 Å². The van der Waals surface area contributed by atoms with Gasteiger partial charge in [0, 0.05) is 36.4 Å². The average molecular weight is 410 g/mol. The Hall–Kier alpha value is -2.47. The van der Waals surface area contributed by atoms with Crippen LogP contribution in [0.25, 0.3) is 0 Å². The number of carbonyl (C=O) groups is 2. The van der Waals surface area contributed by atoms with Crippen LogP contribution >= 0.6 is 12.2 Å². The van der Waals surface area contributed by atoms with Crippen LogP contribution in [0, 0.1) is 0 Å². The molecule has 0 saturated carbocycles. The number of hydrogen-bond acceptors (Lipinski definition) is 4. The minimum atomic E-state index is -0.309. The van der Waals surface area contributed by atoms with E-state index in [1.165, 1.54) is 26.6 Å². The zero-order valence-electron chi connectivity index (χ0n) is 17.5. The summed E-state index contributed by atoms with van der Waals surface area (Å²) in [5.41, 5.74) is 5.12. The highest BCUT2D eigenvalue weighted by Gasteiger charge is 2.42. The van der Waals surface area contributed by atoms with Crippen molar-refractivity contribution in [2.45, 2.75) is 46.0 Å². The lowest BCUT2D eigenvalue weighted by molar-refractivity contribution is -0.133. The van der Waals surface area contributed by atoms with Crippen LogP contribution in [0.15, 0.2) is 41.6 Å². The standard InChI is InChI=1S/C23H27N3O2S/c1-5-24-20(27)16(21(28)25(6-2)22(24)29)12-13-18-23(3,4)17-11-7-9-15-10-8-14-26(18)19(15)17/h7,9,11-13H,5-6,8,10,14H2,1-4H3. The van der Waals surface area contributed by atoms with Crippen LogP contribution in [0.3, 0.4) is 0 Å². The minimum absolute atomic E-state index is 0.179. The number of thiocarbonyl (C=S) groups is 1. The second-order valence-corrected chi connectivity index (χ2v) is 8.57. The third-order valence-corrected chi connectivity index (χ3v) is 6.72. The van der Waals surface area contributed by atoms with E-state index in [1.54, 1.807) is 6.08 Å². The molecule has 0 unspecified atom stereocenters. The molecule has 3 aliphatic heterocycles. The fourth-order valence-corrected chi connectivity index (χ4v) is 5.16. The molecule has 1 fully saturated rings. The number of nitrogens with zero attached hydrogens (tertiary/aromatic N) is 3. The zero-order chi connectivity index (χ0) is 20.9. The summed E-state index contributed by atoms with van der Waals surface area (Å²) in [6, 6.07) is 6.53. The van der Waals surface area contributed by atoms with Crippen LogP contribution in [-0.2, 0) is 21.4 Å². The lowest BCUT2D eigenvalue weighted by atomic mass is 9.83. The van der Waals surface area contributed by atoms with E-state index < -0.39 is 0 Å². The van der Waals surface area contributed by atoms with Crippen molar-refractivity contribution in [1.29, 1.82) is 0 Å². The number of rotatable bonds is 3. The molecule has 1 aromatic carbocycles. The van der Waals surface area contributed by atoms with Gasteiger partial charge in [0.2, 0.25) is 0 Å². The largest absolute Gasteiger partial charge is 0.344 e. The summed E-state index contributed by atoms with van der Waals surface area (Å²) in [6.07, 6.45) is 5.86. The summed E-state index contributed by atoms with van der Waals surface area (Å²) in [4.78, 5) is 31.2. The predicted octanol–water partition coefficient (Wildman–Crippen LogP) is 3.54. The van der Waals surface area contributed by atoms with E-state index in [0.29, 0.717) is 18.2 Å². The van der Waals surface area contributed by atoms with Crippen molar-refractivity contribution in [3.63, 3.8) is 0 Å². The molecule has 0 bridgehead atoms. The number of likely N-dealkylation sites (N-methyl/N-ethyl adjacent to an activating group) is 2. The maximum Gasteiger partial charge on any atom is 0.265 e. The first-order valence-electron chi connectivity index (χ1n) is 10.3. The van der Waals surface area contributed by atoms with Crippen LogP contribution in [0.2, 0.25) is 0 Å². The molecule has 0 radical (unpaired) electrons. The molecule has 4 rings (SSSR count). The molecule has 29 heavy (non-hydrogen) atoms. The van der Waals surface area contributed by atoms with Gasteiger partial charge in [-0.05, 0) is 62.2 Å². The van der Waals surface area contributed by atoms with Crippen molar-refractivity contribution in [2.24, 2.45) is 0 Å². The quantitative estimate of drug-likeness (QED) is 0.435. The van der Waals surface area contributed by atoms with Crippen LogP contribution in [0.5, 0.6) is 0 Å². The zero-order valence-corrected chi connectivity index (χ0v) is 18.3. The molecule has 1 aromatic rings. The van der Waals surface area contributed by atoms with Gasteiger partial charge in [0.25, 0.3) is 11.8 Å². The third-order valence-electron chi connectivity index (χ3n) is 6.28. The van der Waals surface area contributed by atoms with Gasteiger partial charge < -0.3 is 4.90 Å². The maximum atomic E-state index is 12.9. The second-order valence-electron chi connectivity index (χ2n) is 8.21. The van der Waals surface area contributed by atoms with Crippen molar-refractivity contribution in [1.82, 2.24) is 9.80 Å². The van der Waals surface area contributed by atoms with Crippen molar-refractivity contribution in [3.8, 4) is 0 Å². The molecule has 0 aromatic heterocycles. The van der Waals surface area contributed by atoms with E-state index in [-0.39, 0.29) is 22.8 Å². The second kappa shape index (κ2) is 7.10. The SMILES string of the molecule is CCN1C(=O)C(=CC=C2N3CCCc4cccc(c43)C2(C)C)C(=O)N(CC)C1=S. The first kappa shape index (κ1) is 19.8. The molecule has 0 aliphatic carbocycles. The molecule has 1 saturated heterocycles. The van der Waals surface area contributed by atoms with Crippen LogP contribution in [0.4, 0.5) is 5.69 Å². The Morgan fingerprint density at radius 2 is 1.72 bits per heavy atom.